The minimum absolute atomic E-state index is 0.148. The molecule has 0 spiro atoms. The molecule has 1 aromatic carbocycles. The minimum atomic E-state index is -0.148. The van der Waals surface area contributed by atoms with Crippen LogP contribution in [0.3, 0.4) is 0 Å². The summed E-state index contributed by atoms with van der Waals surface area (Å²) in [5.74, 6) is 1.96. The number of unbranched alkanes of at least 4 members (excludes halogenated alkanes) is 2. The topological polar surface area (TPSA) is 53.1 Å². The van der Waals surface area contributed by atoms with E-state index in [0.29, 0.717) is 17.5 Å². The Morgan fingerprint density at radius 1 is 1.17 bits per heavy atom. The van der Waals surface area contributed by atoms with Gasteiger partial charge in [-0.05, 0) is 36.8 Å². The van der Waals surface area contributed by atoms with Gasteiger partial charge in [-0.25, -0.2) is 0 Å². The van der Waals surface area contributed by atoms with Gasteiger partial charge in [0.25, 0.3) is 5.56 Å². The monoisotopic (exact) mass is 313 g/mol. The van der Waals surface area contributed by atoms with Gasteiger partial charge in [0.1, 0.15) is 5.75 Å². The molecule has 3 rings (SSSR count). The minimum Gasteiger partial charge on any atom is -0.507 e. The van der Waals surface area contributed by atoms with Crippen molar-refractivity contribution in [2.45, 2.75) is 58.3 Å². The molecule has 2 unspecified atom stereocenters. The van der Waals surface area contributed by atoms with Crippen molar-refractivity contribution < 1.29 is 5.11 Å². The predicted molar refractivity (Wildman–Crippen MR) is 94.9 cm³/mol. The molecular formula is C20H27NO2. The van der Waals surface area contributed by atoms with Crippen LogP contribution >= 0.6 is 0 Å². The van der Waals surface area contributed by atoms with Crippen LogP contribution in [0.15, 0.2) is 29.1 Å². The molecule has 124 valence electrons. The largest absolute Gasteiger partial charge is 0.507 e. The number of rotatable bonds is 6. The van der Waals surface area contributed by atoms with E-state index < -0.39 is 0 Å². The van der Waals surface area contributed by atoms with Crippen molar-refractivity contribution in [3.05, 3.63) is 40.2 Å². The molecule has 0 saturated heterocycles. The van der Waals surface area contributed by atoms with Crippen LogP contribution in [-0.2, 0) is 6.42 Å². The Hall–Kier alpha value is -1.77. The molecule has 1 aliphatic rings. The fourth-order valence-corrected chi connectivity index (χ4v) is 4.03. The number of fused-ring (bicyclic) bond motifs is 1. The molecule has 2 atom stereocenters. The van der Waals surface area contributed by atoms with Gasteiger partial charge in [0, 0.05) is 5.39 Å². The predicted octanol–water partition coefficient (Wildman–Crippen LogP) is 4.77. The van der Waals surface area contributed by atoms with Crippen LogP contribution in [-0.4, -0.2) is 10.1 Å². The van der Waals surface area contributed by atoms with E-state index >= 15 is 0 Å². The molecule has 1 saturated carbocycles. The third-order valence-corrected chi connectivity index (χ3v) is 5.53. The number of pyridine rings is 1. The molecular weight excluding hydrogens is 286 g/mol. The van der Waals surface area contributed by atoms with Crippen molar-refractivity contribution in [1.82, 2.24) is 4.98 Å². The van der Waals surface area contributed by atoms with Crippen LogP contribution in [0.1, 0.15) is 57.4 Å². The highest BCUT2D eigenvalue weighted by molar-refractivity contribution is 5.85. The Labute approximate surface area is 137 Å². The maximum absolute atomic E-state index is 12.2. The number of para-hydroxylation sites is 1. The van der Waals surface area contributed by atoms with Crippen molar-refractivity contribution >= 4 is 10.9 Å². The van der Waals surface area contributed by atoms with Crippen molar-refractivity contribution in [2.75, 3.05) is 0 Å². The highest BCUT2D eigenvalue weighted by atomic mass is 16.3. The van der Waals surface area contributed by atoms with Gasteiger partial charge in [-0.1, -0.05) is 57.6 Å². The zero-order valence-corrected chi connectivity index (χ0v) is 14.0. The Morgan fingerprint density at radius 2 is 2.00 bits per heavy atom. The van der Waals surface area contributed by atoms with Crippen LogP contribution in [0.2, 0.25) is 0 Å². The average Bonchev–Trinajstić information content (AvgIpc) is 2.95. The summed E-state index contributed by atoms with van der Waals surface area (Å²) in [6.07, 6.45) is 9.50. The first-order valence-corrected chi connectivity index (χ1v) is 8.99. The Balaban J connectivity index is 1.56. The highest BCUT2D eigenvalue weighted by Gasteiger charge is 2.22. The van der Waals surface area contributed by atoms with E-state index in [2.05, 4.69) is 11.9 Å². The molecule has 23 heavy (non-hydrogen) atoms. The summed E-state index contributed by atoms with van der Waals surface area (Å²) in [6, 6.07) is 7.42. The van der Waals surface area contributed by atoms with E-state index in [1.165, 1.54) is 32.1 Å². The number of aromatic nitrogens is 1. The molecule has 3 heteroatoms. The molecule has 0 bridgehead atoms. The smallest absolute Gasteiger partial charge is 0.255 e. The van der Waals surface area contributed by atoms with E-state index in [1.807, 2.05) is 24.3 Å². The number of aromatic hydroxyl groups is 1. The van der Waals surface area contributed by atoms with Crippen LogP contribution in [0.5, 0.6) is 5.75 Å². The second kappa shape index (κ2) is 7.20. The maximum atomic E-state index is 12.2. The van der Waals surface area contributed by atoms with Crippen molar-refractivity contribution in [3.8, 4) is 5.75 Å². The molecule has 3 nitrogen and oxygen atoms in total. The van der Waals surface area contributed by atoms with Crippen LogP contribution in [0.4, 0.5) is 0 Å². The van der Waals surface area contributed by atoms with Gasteiger partial charge in [0.05, 0.1) is 11.1 Å². The van der Waals surface area contributed by atoms with E-state index in [0.717, 1.165) is 30.1 Å². The summed E-state index contributed by atoms with van der Waals surface area (Å²) < 4.78 is 0. The average molecular weight is 313 g/mol. The van der Waals surface area contributed by atoms with Crippen LogP contribution in [0.25, 0.3) is 10.9 Å². The molecule has 2 N–H and O–H groups in total. The summed E-state index contributed by atoms with van der Waals surface area (Å²) in [4.78, 5) is 15.0. The standard InChI is InChI=1S/C20H27NO2/c1-14-8-7-10-15(14)9-3-2-4-12-17-19(22)16-11-5-6-13-18(16)21-20(17)23/h5-6,11,13-15H,2-4,7-10,12H2,1H3,(H2,21,22,23). The Morgan fingerprint density at radius 3 is 2.78 bits per heavy atom. The molecule has 0 aliphatic heterocycles. The van der Waals surface area contributed by atoms with Crippen molar-refractivity contribution in [1.29, 1.82) is 0 Å². The number of nitrogens with one attached hydrogen (secondary N) is 1. The first kappa shape index (κ1) is 16.1. The number of hydrogen-bond donors (Lipinski definition) is 2. The Bertz CT molecular complexity index is 719. The maximum Gasteiger partial charge on any atom is 0.255 e. The van der Waals surface area contributed by atoms with E-state index in [-0.39, 0.29) is 11.3 Å². The SMILES string of the molecule is CC1CCCC1CCCCCc1c(O)c2ccccc2[nH]c1=O. The third kappa shape index (κ3) is 3.60. The lowest BCUT2D eigenvalue weighted by Gasteiger charge is -2.14. The fraction of sp³-hybridized carbons (Fsp3) is 0.550. The summed E-state index contributed by atoms with van der Waals surface area (Å²) in [7, 11) is 0. The number of aromatic amines is 1. The normalized spacial score (nSPS) is 21.1. The van der Waals surface area contributed by atoms with Gasteiger partial charge in [0.15, 0.2) is 0 Å². The summed E-state index contributed by atoms with van der Waals surface area (Å²) in [6.45, 7) is 2.38. The first-order valence-electron chi connectivity index (χ1n) is 8.99. The highest BCUT2D eigenvalue weighted by Crippen LogP contribution is 2.35. The third-order valence-electron chi connectivity index (χ3n) is 5.53. The van der Waals surface area contributed by atoms with Gasteiger partial charge < -0.3 is 10.1 Å². The zero-order chi connectivity index (χ0) is 16.2. The van der Waals surface area contributed by atoms with E-state index in [9.17, 15) is 9.90 Å². The van der Waals surface area contributed by atoms with Gasteiger partial charge in [-0.2, -0.15) is 0 Å². The van der Waals surface area contributed by atoms with E-state index in [4.69, 9.17) is 0 Å². The van der Waals surface area contributed by atoms with Crippen LogP contribution < -0.4 is 5.56 Å². The van der Waals surface area contributed by atoms with Gasteiger partial charge in [-0.3, -0.25) is 4.79 Å². The van der Waals surface area contributed by atoms with Crippen LogP contribution in [0, 0.1) is 11.8 Å². The second-order valence-electron chi connectivity index (χ2n) is 7.09. The second-order valence-corrected chi connectivity index (χ2v) is 7.09. The first-order chi connectivity index (χ1) is 11.2. The number of H-pyrrole nitrogens is 1. The van der Waals surface area contributed by atoms with Crippen molar-refractivity contribution in [2.24, 2.45) is 11.8 Å². The molecule has 2 aromatic rings. The molecule has 0 radical (unpaired) electrons. The molecule has 1 fully saturated rings. The lowest BCUT2D eigenvalue weighted by atomic mass is 9.92. The summed E-state index contributed by atoms with van der Waals surface area (Å²) >= 11 is 0. The zero-order valence-electron chi connectivity index (χ0n) is 14.0. The molecule has 1 aliphatic carbocycles. The van der Waals surface area contributed by atoms with Gasteiger partial charge >= 0.3 is 0 Å². The van der Waals surface area contributed by atoms with Gasteiger partial charge in [-0.15, -0.1) is 0 Å². The quantitative estimate of drug-likeness (QED) is 0.755. The summed E-state index contributed by atoms with van der Waals surface area (Å²) in [5, 5.41) is 11.1. The molecule has 1 heterocycles. The fourth-order valence-electron chi connectivity index (χ4n) is 4.03. The molecule has 1 aromatic heterocycles. The summed E-state index contributed by atoms with van der Waals surface area (Å²) in [5.41, 5.74) is 1.09. The number of hydrogen-bond acceptors (Lipinski definition) is 2. The van der Waals surface area contributed by atoms with Gasteiger partial charge in [0.2, 0.25) is 0 Å². The lowest BCUT2D eigenvalue weighted by Crippen LogP contribution is -2.13. The van der Waals surface area contributed by atoms with Crippen molar-refractivity contribution in [3.63, 3.8) is 0 Å². The Kier molecular flexibility index (Phi) is 5.04. The molecule has 0 amide bonds. The lowest BCUT2D eigenvalue weighted by molar-refractivity contribution is 0.375. The number of benzene rings is 1. The van der Waals surface area contributed by atoms with E-state index in [1.54, 1.807) is 0 Å².